The topological polar surface area (TPSA) is 40.6 Å². The van der Waals surface area contributed by atoms with Crippen LogP contribution in [0.2, 0.25) is 0 Å². The zero-order chi connectivity index (χ0) is 18.1. The summed E-state index contributed by atoms with van der Waals surface area (Å²) in [6.07, 6.45) is 0. The maximum atomic E-state index is 12.9. The SMILES string of the molecule is CC(=O)c1ccc(C(=O)N2C[C@@H](N(C)C)[C@H](c3ccc(C)cc3)C2)s1. The minimum Gasteiger partial charge on any atom is -0.336 e. The summed E-state index contributed by atoms with van der Waals surface area (Å²) >= 11 is 1.29. The monoisotopic (exact) mass is 356 g/mol. The average Bonchev–Trinajstić information content (AvgIpc) is 3.22. The van der Waals surface area contributed by atoms with Crippen LogP contribution < -0.4 is 0 Å². The second kappa shape index (κ2) is 7.10. The van der Waals surface area contributed by atoms with Crippen molar-refractivity contribution in [3.05, 3.63) is 57.3 Å². The molecule has 0 saturated carbocycles. The Kier molecular flexibility index (Phi) is 5.06. The van der Waals surface area contributed by atoms with Crippen LogP contribution in [0.3, 0.4) is 0 Å². The molecule has 0 unspecified atom stereocenters. The molecule has 0 radical (unpaired) electrons. The summed E-state index contributed by atoms with van der Waals surface area (Å²) in [5.74, 6) is 0.333. The number of benzene rings is 1. The van der Waals surface area contributed by atoms with Crippen LogP contribution in [0, 0.1) is 6.92 Å². The van der Waals surface area contributed by atoms with Crippen molar-refractivity contribution < 1.29 is 9.59 Å². The van der Waals surface area contributed by atoms with Crippen molar-refractivity contribution >= 4 is 23.0 Å². The summed E-state index contributed by atoms with van der Waals surface area (Å²) < 4.78 is 0. The minimum atomic E-state index is 0.00849. The Morgan fingerprint density at radius 2 is 1.68 bits per heavy atom. The third kappa shape index (κ3) is 3.67. The first-order valence-corrected chi connectivity index (χ1v) is 9.31. The maximum Gasteiger partial charge on any atom is 0.264 e. The van der Waals surface area contributed by atoms with Crippen molar-refractivity contribution in [3.8, 4) is 0 Å². The lowest BCUT2D eigenvalue weighted by Crippen LogP contribution is -2.35. The van der Waals surface area contributed by atoms with Crippen LogP contribution in [0.4, 0.5) is 0 Å². The molecule has 132 valence electrons. The molecule has 1 aliphatic rings. The van der Waals surface area contributed by atoms with Gasteiger partial charge in [-0.25, -0.2) is 0 Å². The average molecular weight is 356 g/mol. The molecule has 0 spiro atoms. The van der Waals surface area contributed by atoms with E-state index in [0.717, 1.165) is 0 Å². The largest absolute Gasteiger partial charge is 0.336 e. The van der Waals surface area contributed by atoms with Crippen molar-refractivity contribution in [1.29, 1.82) is 0 Å². The molecule has 25 heavy (non-hydrogen) atoms. The molecule has 1 aliphatic heterocycles. The predicted octanol–water partition coefficient (Wildman–Crippen LogP) is 3.43. The molecule has 4 nitrogen and oxygen atoms in total. The Morgan fingerprint density at radius 1 is 1.04 bits per heavy atom. The Bertz CT molecular complexity index is 779. The van der Waals surface area contributed by atoms with E-state index in [9.17, 15) is 9.59 Å². The van der Waals surface area contributed by atoms with Gasteiger partial charge in [0.1, 0.15) is 0 Å². The van der Waals surface area contributed by atoms with Gasteiger partial charge in [0.2, 0.25) is 0 Å². The van der Waals surface area contributed by atoms with E-state index in [-0.39, 0.29) is 11.7 Å². The Balaban J connectivity index is 1.82. The van der Waals surface area contributed by atoms with Gasteiger partial charge in [-0.05, 0) is 45.6 Å². The number of amides is 1. The van der Waals surface area contributed by atoms with Crippen LogP contribution in [0.25, 0.3) is 0 Å². The number of likely N-dealkylation sites (tertiary alicyclic amines) is 1. The lowest BCUT2D eigenvalue weighted by atomic mass is 9.93. The van der Waals surface area contributed by atoms with E-state index in [1.165, 1.54) is 29.4 Å². The highest BCUT2D eigenvalue weighted by Crippen LogP contribution is 2.32. The molecule has 3 rings (SSSR count). The number of likely N-dealkylation sites (N-methyl/N-ethyl adjacent to an activating group) is 1. The quantitative estimate of drug-likeness (QED) is 0.788. The number of aryl methyl sites for hydroxylation is 1. The van der Waals surface area contributed by atoms with Gasteiger partial charge in [-0.1, -0.05) is 29.8 Å². The van der Waals surface area contributed by atoms with Gasteiger partial charge in [0, 0.05) is 25.0 Å². The maximum absolute atomic E-state index is 12.9. The highest BCUT2D eigenvalue weighted by atomic mass is 32.1. The van der Waals surface area contributed by atoms with Crippen molar-refractivity contribution in [3.63, 3.8) is 0 Å². The van der Waals surface area contributed by atoms with Gasteiger partial charge in [-0.15, -0.1) is 11.3 Å². The van der Waals surface area contributed by atoms with E-state index in [1.807, 2.05) is 4.90 Å². The second-order valence-corrected chi connectivity index (χ2v) is 8.06. The number of rotatable bonds is 4. The molecular weight excluding hydrogens is 332 g/mol. The van der Waals surface area contributed by atoms with Crippen LogP contribution in [-0.2, 0) is 0 Å². The van der Waals surface area contributed by atoms with Crippen LogP contribution in [0.5, 0.6) is 0 Å². The van der Waals surface area contributed by atoms with Gasteiger partial charge in [0.05, 0.1) is 9.75 Å². The molecule has 1 fully saturated rings. The number of Topliss-reactive ketones (excluding diaryl/α,β-unsaturated/α-hetero) is 1. The second-order valence-electron chi connectivity index (χ2n) is 6.98. The predicted molar refractivity (Wildman–Crippen MR) is 102 cm³/mol. The van der Waals surface area contributed by atoms with E-state index in [0.29, 0.717) is 34.8 Å². The van der Waals surface area contributed by atoms with Crippen LogP contribution in [0.15, 0.2) is 36.4 Å². The summed E-state index contributed by atoms with van der Waals surface area (Å²) in [6, 6.07) is 12.4. The number of thiophene rings is 1. The minimum absolute atomic E-state index is 0.00849. The van der Waals surface area contributed by atoms with Gasteiger partial charge in [-0.3, -0.25) is 9.59 Å². The fourth-order valence-corrected chi connectivity index (χ4v) is 4.28. The molecule has 1 saturated heterocycles. The highest BCUT2D eigenvalue weighted by molar-refractivity contribution is 7.15. The Morgan fingerprint density at radius 3 is 2.24 bits per heavy atom. The first-order chi connectivity index (χ1) is 11.9. The summed E-state index contributed by atoms with van der Waals surface area (Å²) in [6.45, 7) is 5.03. The normalized spacial score (nSPS) is 20.3. The number of hydrogen-bond donors (Lipinski definition) is 0. The first-order valence-electron chi connectivity index (χ1n) is 8.50. The van der Waals surface area contributed by atoms with E-state index < -0.39 is 0 Å². The molecule has 5 heteroatoms. The number of ketones is 1. The van der Waals surface area contributed by atoms with E-state index in [4.69, 9.17) is 0 Å². The first kappa shape index (κ1) is 17.8. The molecule has 2 aromatic rings. The highest BCUT2D eigenvalue weighted by Gasteiger charge is 2.37. The molecule has 2 heterocycles. The molecule has 0 bridgehead atoms. The van der Waals surface area contributed by atoms with Crippen molar-refractivity contribution in [2.24, 2.45) is 0 Å². The summed E-state index contributed by atoms with van der Waals surface area (Å²) in [7, 11) is 4.14. The summed E-state index contributed by atoms with van der Waals surface area (Å²) in [4.78, 5) is 29.8. The van der Waals surface area contributed by atoms with Crippen LogP contribution in [0.1, 0.15) is 43.3 Å². The molecule has 1 aromatic heterocycles. The van der Waals surface area contributed by atoms with Gasteiger partial charge >= 0.3 is 0 Å². The van der Waals surface area contributed by atoms with Gasteiger partial charge in [0.25, 0.3) is 5.91 Å². The zero-order valence-corrected chi connectivity index (χ0v) is 16.0. The number of carbonyl (C=O) groups is 2. The number of nitrogens with zero attached hydrogens (tertiary/aromatic N) is 2. The summed E-state index contributed by atoms with van der Waals surface area (Å²) in [5, 5.41) is 0. The van der Waals surface area contributed by atoms with Crippen LogP contribution in [-0.4, -0.2) is 54.7 Å². The van der Waals surface area contributed by atoms with Crippen molar-refractivity contribution in [2.75, 3.05) is 27.2 Å². The van der Waals surface area contributed by atoms with Crippen molar-refractivity contribution in [1.82, 2.24) is 9.80 Å². The van der Waals surface area contributed by atoms with Gasteiger partial charge < -0.3 is 9.80 Å². The van der Waals surface area contributed by atoms with Gasteiger partial charge in [-0.2, -0.15) is 0 Å². The smallest absolute Gasteiger partial charge is 0.264 e. The fraction of sp³-hybridized carbons (Fsp3) is 0.400. The Hall–Kier alpha value is -1.98. The van der Waals surface area contributed by atoms with Crippen LogP contribution >= 0.6 is 11.3 Å². The molecule has 0 N–H and O–H groups in total. The van der Waals surface area contributed by atoms with E-state index >= 15 is 0 Å². The van der Waals surface area contributed by atoms with E-state index in [1.54, 1.807) is 12.1 Å². The summed E-state index contributed by atoms with van der Waals surface area (Å²) in [5.41, 5.74) is 2.52. The van der Waals surface area contributed by atoms with E-state index in [2.05, 4.69) is 50.2 Å². The lowest BCUT2D eigenvalue weighted by Gasteiger charge is -2.25. The molecule has 1 amide bonds. The number of carbonyl (C=O) groups excluding carboxylic acids is 2. The molecule has 2 atom stereocenters. The zero-order valence-electron chi connectivity index (χ0n) is 15.2. The third-order valence-corrected chi connectivity index (χ3v) is 6.08. The lowest BCUT2D eigenvalue weighted by molar-refractivity contribution is 0.0787. The van der Waals surface area contributed by atoms with Gasteiger partial charge in [0.15, 0.2) is 5.78 Å². The Labute approximate surface area is 153 Å². The standard InChI is InChI=1S/C20H24N2O2S/c1-13-5-7-15(8-6-13)16-11-22(12-17(16)21(3)4)20(24)19-10-9-18(25-19)14(2)23/h5-10,16-17H,11-12H2,1-4H3/t16-,17+/m0/s1. The molecular formula is C20H24N2O2S. The number of hydrogen-bond acceptors (Lipinski definition) is 4. The third-order valence-electron chi connectivity index (χ3n) is 4.91. The fourth-order valence-electron chi connectivity index (χ4n) is 3.41. The molecule has 1 aromatic carbocycles. The molecule has 0 aliphatic carbocycles. The van der Waals surface area contributed by atoms with Crippen molar-refractivity contribution in [2.45, 2.75) is 25.8 Å².